The summed E-state index contributed by atoms with van der Waals surface area (Å²) in [5.74, 6) is 1.26. The zero-order chi connectivity index (χ0) is 14.7. The Labute approximate surface area is 121 Å². The van der Waals surface area contributed by atoms with E-state index in [1.54, 1.807) is 12.1 Å². The van der Waals surface area contributed by atoms with E-state index in [1.807, 2.05) is 26.0 Å². The average molecular weight is 292 g/mol. The first-order valence-electron chi connectivity index (χ1n) is 5.90. The summed E-state index contributed by atoms with van der Waals surface area (Å²) in [4.78, 5) is 4.06. The van der Waals surface area contributed by atoms with Crippen LogP contribution >= 0.6 is 11.6 Å². The van der Waals surface area contributed by atoms with Crippen LogP contribution in [-0.4, -0.2) is 16.0 Å². The number of pyridine rings is 1. The largest absolute Gasteiger partial charge is 0.455 e. The molecule has 1 aromatic heterocycles. The zero-order valence-corrected chi connectivity index (χ0v) is 11.8. The number of hydrogen-bond acceptors (Lipinski definition) is 4. The van der Waals surface area contributed by atoms with Crippen molar-refractivity contribution >= 4 is 17.4 Å². The second kappa shape index (κ2) is 5.79. The summed E-state index contributed by atoms with van der Waals surface area (Å²) in [6.45, 7) is 3.85. The van der Waals surface area contributed by atoms with Gasteiger partial charge in [-0.15, -0.1) is 0 Å². The van der Waals surface area contributed by atoms with Gasteiger partial charge < -0.3 is 15.7 Å². The van der Waals surface area contributed by atoms with Crippen molar-refractivity contribution < 1.29 is 9.94 Å². The van der Waals surface area contributed by atoms with Crippen LogP contribution in [0.5, 0.6) is 11.5 Å². The van der Waals surface area contributed by atoms with E-state index in [0.717, 1.165) is 16.9 Å². The predicted octanol–water partition coefficient (Wildman–Crippen LogP) is 3.24. The number of oxime groups is 1. The molecule has 2 aromatic rings. The van der Waals surface area contributed by atoms with Crippen molar-refractivity contribution in [2.75, 3.05) is 0 Å². The zero-order valence-electron chi connectivity index (χ0n) is 11.1. The second-order valence-electron chi connectivity index (χ2n) is 4.34. The summed E-state index contributed by atoms with van der Waals surface area (Å²) >= 11 is 5.98. The number of aryl methyl sites for hydroxylation is 2. The van der Waals surface area contributed by atoms with Crippen molar-refractivity contribution in [2.24, 2.45) is 10.9 Å². The Kier molecular flexibility index (Phi) is 4.10. The molecule has 104 valence electrons. The third-order valence-electron chi connectivity index (χ3n) is 2.75. The Morgan fingerprint density at radius 2 is 1.95 bits per heavy atom. The first-order chi connectivity index (χ1) is 9.51. The van der Waals surface area contributed by atoms with Crippen LogP contribution in [0.25, 0.3) is 0 Å². The molecule has 0 unspecified atom stereocenters. The molecule has 0 aliphatic heterocycles. The van der Waals surface area contributed by atoms with Crippen LogP contribution in [0.2, 0.25) is 5.02 Å². The summed E-state index contributed by atoms with van der Waals surface area (Å²) < 4.78 is 5.80. The monoisotopic (exact) mass is 291 g/mol. The number of nitrogens with zero attached hydrogens (tertiary/aromatic N) is 2. The highest BCUT2D eigenvalue weighted by molar-refractivity contribution is 6.30. The van der Waals surface area contributed by atoms with Gasteiger partial charge in [-0.05, 0) is 49.2 Å². The predicted molar refractivity (Wildman–Crippen MR) is 77.7 cm³/mol. The summed E-state index contributed by atoms with van der Waals surface area (Å²) in [7, 11) is 0. The summed E-state index contributed by atoms with van der Waals surface area (Å²) in [5.41, 5.74) is 7.70. The molecule has 2 rings (SSSR count). The van der Waals surface area contributed by atoms with Gasteiger partial charge in [-0.25, -0.2) is 4.98 Å². The summed E-state index contributed by atoms with van der Waals surface area (Å²) in [6.07, 6.45) is 1.51. The van der Waals surface area contributed by atoms with Gasteiger partial charge >= 0.3 is 0 Å². The van der Waals surface area contributed by atoms with Crippen LogP contribution in [0.3, 0.4) is 0 Å². The van der Waals surface area contributed by atoms with Crippen molar-refractivity contribution in [3.8, 4) is 11.5 Å². The highest BCUT2D eigenvalue weighted by Gasteiger charge is 2.08. The molecule has 20 heavy (non-hydrogen) atoms. The van der Waals surface area contributed by atoms with Crippen LogP contribution in [-0.2, 0) is 0 Å². The smallest absolute Gasteiger partial charge is 0.188 e. The van der Waals surface area contributed by atoms with Gasteiger partial charge in [0.25, 0.3) is 0 Å². The number of benzene rings is 1. The van der Waals surface area contributed by atoms with Gasteiger partial charge in [0.2, 0.25) is 0 Å². The number of rotatable bonds is 3. The minimum Gasteiger partial charge on any atom is -0.455 e. The molecule has 1 aromatic carbocycles. The molecule has 0 saturated heterocycles. The number of nitrogens with two attached hydrogens (primary N) is 1. The van der Waals surface area contributed by atoms with Crippen molar-refractivity contribution in [1.82, 2.24) is 4.98 Å². The van der Waals surface area contributed by atoms with Gasteiger partial charge in [0, 0.05) is 5.02 Å². The van der Waals surface area contributed by atoms with Crippen molar-refractivity contribution in [3.63, 3.8) is 0 Å². The van der Waals surface area contributed by atoms with Gasteiger partial charge in [-0.2, -0.15) is 0 Å². The Hall–Kier alpha value is -2.27. The second-order valence-corrected chi connectivity index (χ2v) is 4.77. The number of amidine groups is 1. The topological polar surface area (TPSA) is 80.7 Å². The van der Waals surface area contributed by atoms with E-state index in [-0.39, 0.29) is 5.84 Å². The maximum absolute atomic E-state index is 8.57. The van der Waals surface area contributed by atoms with Gasteiger partial charge in [0.15, 0.2) is 5.84 Å². The van der Waals surface area contributed by atoms with Crippen LogP contribution in [0, 0.1) is 13.8 Å². The number of ether oxygens (including phenoxy) is 1. The SMILES string of the molecule is Cc1cc(Cl)cc(C)c1Oc1ccc(/C(N)=N/O)nc1. The highest BCUT2D eigenvalue weighted by Crippen LogP contribution is 2.30. The van der Waals surface area contributed by atoms with Gasteiger partial charge in [0.05, 0.1) is 6.20 Å². The van der Waals surface area contributed by atoms with Crippen LogP contribution < -0.4 is 10.5 Å². The molecule has 0 spiro atoms. The molecule has 6 heteroatoms. The summed E-state index contributed by atoms with van der Waals surface area (Å²) in [6, 6.07) is 6.99. The Morgan fingerprint density at radius 3 is 2.45 bits per heavy atom. The van der Waals surface area contributed by atoms with E-state index in [9.17, 15) is 0 Å². The first-order valence-corrected chi connectivity index (χ1v) is 6.27. The standard InChI is InChI=1S/C14H14ClN3O2/c1-8-5-10(15)6-9(2)13(8)20-11-3-4-12(17-7-11)14(16)18-19/h3-7,19H,1-2H3,(H2,16,18). The molecule has 5 nitrogen and oxygen atoms in total. The fourth-order valence-electron chi connectivity index (χ4n) is 1.82. The van der Waals surface area contributed by atoms with Gasteiger partial charge in [-0.1, -0.05) is 16.8 Å². The van der Waals surface area contributed by atoms with Crippen LogP contribution in [0.1, 0.15) is 16.8 Å². The molecule has 0 aliphatic carbocycles. The Morgan fingerprint density at radius 1 is 1.30 bits per heavy atom. The number of aromatic nitrogens is 1. The van der Waals surface area contributed by atoms with Gasteiger partial charge in [-0.3, -0.25) is 0 Å². The third-order valence-corrected chi connectivity index (χ3v) is 2.97. The average Bonchev–Trinajstić information content (AvgIpc) is 2.42. The molecule has 0 fully saturated rings. The van der Waals surface area contributed by atoms with Crippen molar-refractivity contribution in [1.29, 1.82) is 0 Å². The van der Waals surface area contributed by atoms with E-state index < -0.39 is 0 Å². The molecule has 0 radical (unpaired) electrons. The molecule has 0 amide bonds. The fraction of sp³-hybridized carbons (Fsp3) is 0.143. The van der Waals surface area contributed by atoms with Crippen molar-refractivity contribution in [2.45, 2.75) is 13.8 Å². The molecular formula is C14H14ClN3O2. The first kappa shape index (κ1) is 14.1. The third kappa shape index (κ3) is 3.00. The lowest BCUT2D eigenvalue weighted by Crippen LogP contribution is -2.14. The normalized spacial score (nSPS) is 11.4. The van der Waals surface area contributed by atoms with E-state index in [1.165, 1.54) is 6.20 Å². The van der Waals surface area contributed by atoms with Crippen LogP contribution in [0.4, 0.5) is 0 Å². The quantitative estimate of drug-likeness (QED) is 0.394. The highest BCUT2D eigenvalue weighted by atomic mass is 35.5. The lowest BCUT2D eigenvalue weighted by atomic mass is 10.1. The van der Waals surface area contributed by atoms with Gasteiger partial charge in [0.1, 0.15) is 17.2 Å². The minimum atomic E-state index is -0.0459. The Balaban J connectivity index is 2.27. The fourth-order valence-corrected chi connectivity index (χ4v) is 2.15. The molecule has 1 heterocycles. The lowest BCUT2D eigenvalue weighted by Gasteiger charge is -2.12. The minimum absolute atomic E-state index is 0.0459. The summed E-state index contributed by atoms with van der Waals surface area (Å²) in [5, 5.41) is 12.1. The van der Waals surface area contributed by atoms with E-state index in [2.05, 4.69) is 10.1 Å². The van der Waals surface area contributed by atoms with Crippen molar-refractivity contribution in [3.05, 3.63) is 52.3 Å². The molecule has 3 N–H and O–H groups in total. The molecule has 0 saturated carbocycles. The lowest BCUT2D eigenvalue weighted by molar-refractivity contribution is 0.318. The molecule has 0 aliphatic rings. The van der Waals surface area contributed by atoms with E-state index >= 15 is 0 Å². The molecular weight excluding hydrogens is 278 g/mol. The van der Waals surface area contributed by atoms with E-state index in [0.29, 0.717) is 16.5 Å². The maximum atomic E-state index is 8.57. The molecule has 0 bridgehead atoms. The maximum Gasteiger partial charge on any atom is 0.188 e. The molecule has 0 atom stereocenters. The number of hydrogen-bond donors (Lipinski definition) is 2. The Bertz CT molecular complexity index is 631. The van der Waals surface area contributed by atoms with E-state index in [4.69, 9.17) is 27.3 Å². The number of halogens is 1. The van der Waals surface area contributed by atoms with Crippen LogP contribution in [0.15, 0.2) is 35.6 Å².